The van der Waals surface area contributed by atoms with E-state index in [4.69, 9.17) is 0 Å². The molecular formula is C19H18FN3O3. The summed E-state index contributed by atoms with van der Waals surface area (Å²) >= 11 is 0. The smallest absolute Gasteiger partial charge is 0.324 e. The molecule has 1 heterocycles. The van der Waals surface area contributed by atoms with Gasteiger partial charge in [0.2, 0.25) is 5.91 Å². The molecule has 0 aromatic heterocycles. The van der Waals surface area contributed by atoms with Gasteiger partial charge in [-0.05, 0) is 43.2 Å². The van der Waals surface area contributed by atoms with E-state index in [1.165, 1.54) is 18.2 Å². The maximum Gasteiger partial charge on any atom is 0.325 e. The number of carbonyl (C=O) groups is 3. The summed E-state index contributed by atoms with van der Waals surface area (Å²) in [5.74, 6) is -1.45. The van der Waals surface area contributed by atoms with Crippen LogP contribution in [0.4, 0.5) is 14.9 Å². The fourth-order valence-corrected chi connectivity index (χ4v) is 2.91. The predicted octanol–water partition coefficient (Wildman–Crippen LogP) is 2.54. The van der Waals surface area contributed by atoms with Gasteiger partial charge in [-0.15, -0.1) is 0 Å². The van der Waals surface area contributed by atoms with Crippen LogP contribution in [-0.2, 0) is 15.1 Å². The van der Waals surface area contributed by atoms with E-state index in [2.05, 4.69) is 10.6 Å². The van der Waals surface area contributed by atoms with Gasteiger partial charge in [0.25, 0.3) is 5.91 Å². The molecule has 1 aliphatic heterocycles. The summed E-state index contributed by atoms with van der Waals surface area (Å²) in [5.41, 5.74) is 0.388. The first-order valence-electron chi connectivity index (χ1n) is 8.07. The van der Waals surface area contributed by atoms with Gasteiger partial charge < -0.3 is 10.6 Å². The minimum atomic E-state index is -1.22. The minimum absolute atomic E-state index is 0.409. The molecule has 1 fully saturated rings. The first-order chi connectivity index (χ1) is 12.3. The van der Waals surface area contributed by atoms with E-state index in [0.717, 1.165) is 4.90 Å². The second-order valence-electron chi connectivity index (χ2n) is 6.32. The van der Waals surface area contributed by atoms with E-state index in [9.17, 15) is 18.8 Å². The number of aryl methyl sites for hydroxylation is 1. The average molecular weight is 355 g/mol. The molecule has 1 atom stereocenters. The van der Waals surface area contributed by atoms with Crippen LogP contribution in [0.1, 0.15) is 18.1 Å². The highest BCUT2D eigenvalue weighted by molar-refractivity contribution is 6.10. The number of nitrogens with one attached hydrogen (secondary N) is 2. The van der Waals surface area contributed by atoms with Gasteiger partial charge in [0.15, 0.2) is 0 Å². The largest absolute Gasteiger partial charge is 0.325 e. The number of carbonyl (C=O) groups excluding carboxylic acids is 3. The Morgan fingerprint density at radius 1 is 1.19 bits per heavy atom. The molecule has 6 nitrogen and oxygen atoms in total. The number of hydrogen-bond acceptors (Lipinski definition) is 3. The summed E-state index contributed by atoms with van der Waals surface area (Å²) < 4.78 is 13.1. The molecule has 0 spiro atoms. The highest BCUT2D eigenvalue weighted by Crippen LogP contribution is 2.28. The summed E-state index contributed by atoms with van der Waals surface area (Å²) in [5, 5.41) is 5.24. The molecule has 26 heavy (non-hydrogen) atoms. The van der Waals surface area contributed by atoms with Crippen molar-refractivity contribution in [1.82, 2.24) is 10.2 Å². The van der Waals surface area contributed by atoms with Crippen molar-refractivity contribution in [2.75, 3.05) is 11.9 Å². The third kappa shape index (κ3) is 3.15. The number of urea groups is 1. The standard InChI is InChI=1S/C19H18FN3O3/c1-12-10-14(20)8-9-15(12)21-16(24)11-23-17(25)19(2,22-18(23)26)13-6-4-3-5-7-13/h3-10H,11H2,1-2H3,(H,21,24)(H,22,26)/t19-/m0/s1. The van der Waals surface area contributed by atoms with Crippen molar-refractivity contribution in [3.8, 4) is 0 Å². The van der Waals surface area contributed by atoms with E-state index >= 15 is 0 Å². The Balaban J connectivity index is 1.74. The molecule has 3 rings (SSSR count). The van der Waals surface area contributed by atoms with Crippen LogP contribution in [0.15, 0.2) is 48.5 Å². The Hall–Kier alpha value is -3.22. The molecule has 4 amide bonds. The third-order valence-corrected chi connectivity index (χ3v) is 4.39. The molecule has 2 aromatic carbocycles. The van der Waals surface area contributed by atoms with Crippen molar-refractivity contribution >= 4 is 23.5 Å². The Labute approximate surface area is 150 Å². The average Bonchev–Trinajstić information content (AvgIpc) is 2.82. The molecule has 1 aliphatic rings. The van der Waals surface area contributed by atoms with Gasteiger partial charge >= 0.3 is 6.03 Å². The van der Waals surface area contributed by atoms with Crippen LogP contribution in [0.5, 0.6) is 0 Å². The summed E-state index contributed by atoms with van der Waals surface area (Å²) in [6, 6.07) is 12.1. The van der Waals surface area contributed by atoms with Crippen LogP contribution < -0.4 is 10.6 Å². The first-order valence-corrected chi connectivity index (χ1v) is 8.07. The van der Waals surface area contributed by atoms with Gasteiger partial charge in [0.05, 0.1) is 0 Å². The van der Waals surface area contributed by atoms with Crippen molar-refractivity contribution in [3.63, 3.8) is 0 Å². The third-order valence-electron chi connectivity index (χ3n) is 4.39. The number of benzene rings is 2. The first kappa shape index (κ1) is 17.6. The van der Waals surface area contributed by atoms with Gasteiger partial charge in [0, 0.05) is 5.69 Å². The number of anilines is 1. The highest BCUT2D eigenvalue weighted by atomic mass is 19.1. The van der Waals surface area contributed by atoms with Crippen molar-refractivity contribution < 1.29 is 18.8 Å². The second-order valence-corrected chi connectivity index (χ2v) is 6.32. The lowest BCUT2D eigenvalue weighted by molar-refractivity contribution is -0.133. The second kappa shape index (κ2) is 6.59. The topological polar surface area (TPSA) is 78.5 Å². The Bertz CT molecular complexity index is 885. The number of hydrogen-bond donors (Lipinski definition) is 2. The SMILES string of the molecule is Cc1cc(F)ccc1NC(=O)CN1C(=O)N[C@@](C)(c2ccccc2)C1=O. The molecule has 2 aromatic rings. The lowest BCUT2D eigenvalue weighted by Crippen LogP contribution is -2.42. The van der Waals surface area contributed by atoms with E-state index in [1.807, 2.05) is 6.07 Å². The molecule has 134 valence electrons. The van der Waals surface area contributed by atoms with Crippen molar-refractivity contribution in [3.05, 3.63) is 65.5 Å². The molecule has 2 N–H and O–H groups in total. The number of rotatable bonds is 4. The molecule has 0 radical (unpaired) electrons. The normalized spacial score (nSPS) is 19.4. The van der Waals surface area contributed by atoms with Gasteiger partial charge in [-0.2, -0.15) is 0 Å². The maximum absolute atomic E-state index is 13.1. The zero-order valence-electron chi connectivity index (χ0n) is 14.4. The molecule has 1 saturated heterocycles. The molecule has 0 unspecified atom stereocenters. The summed E-state index contributed by atoms with van der Waals surface area (Å²) in [6.45, 7) is 2.83. The minimum Gasteiger partial charge on any atom is -0.324 e. The number of amides is 4. The monoisotopic (exact) mass is 355 g/mol. The summed E-state index contributed by atoms with van der Waals surface area (Å²) in [7, 11) is 0. The Morgan fingerprint density at radius 2 is 1.88 bits per heavy atom. The highest BCUT2D eigenvalue weighted by Gasteiger charge is 2.49. The fraction of sp³-hybridized carbons (Fsp3) is 0.211. The summed E-state index contributed by atoms with van der Waals surface area (Å²) in [4.78, 5) is 38.1. The van der Waals surface area contributed by atoms with Crippen LogP contribution in [0.25, 0.3) is 0 Å². The van der Waals surface area contributed by atoms with E-state index in [1.54, 1.807) is 38.1 Å². The fourth-order valence-electron chi connectivity index (χ4n) is 2.91. The summed E-state index contributed by atoms with van der Waals surface area (Å²) in [6.07, 6.45) is 0. The predicted molar refractivity (Wildman–Crippen MR) is 93.8 cm³/mol. The van der Waals surface area contributed by atoms with Crippen LogP contribution >= 0.6 is 0 Å². The van der Waals surface area contributed by atoms with Gasteiger partial charge in [-0.3, -0.25) is 14.5 Å². The lowest BCUT2D eigenvalue weighted by atomic mass is 9.92. The maximum atomic E-state index is 13.1. The van der Waals surface area contributed by atoms with Crippen LogP contribution in [-0.4, -0.2) is 29.3 Å². The lowest BCUT2D eigenvalue weighted by Gasteiger charge is -2.22. The van der Waals surface area contributed by atoms with Crippen LogP contribution in [0.3, 0.4) is 0 Å². The Morgan fingerprint density at radius 3 is 2.54 bits per heavy atom. The van der Waals surface area contributed by atoms with Crippen molar-refractivity contribution in [2.45, 2.75) is 19.4 Å². The number of halogens is 1. The zero-order chi connectivity index (χ0) is 18.9. The van der Waals surface area contributed by atoms with Crippen LogP contribution in [0, 0.1) is 12.7 Å². The Kier molecular flexibility index (Phi) is 4.46. The van der Waals surface area contributed by atoms with Crippen molar-refractivity contribution in [2.24, 2.45) is 0 Å². The number of nitrogens with zero attached hydrogens (tertiary/aromatic N) is 1. The molecule has 0 saturated carbocycles. The molecule has 0 aliphatic carbocycles. The quantitative estimate of drug-likeness (QED) is 0.828. The molecule has 7 heteroatoms. The van der Waals surface area contributed by atoms with E-state index in [0.29, 0.717) is 16.8 Å². The molecule has 0 bridgehead atoms. The van der Waals surface area contributed by atoms with Gasteiger partial charge in [-0.1, -0.05) is 30.3 Å². The van der Waals surface area contributed by atoms with E-state index in [-0.39, 0.29) is 0 Å². The van der Waals surface area contributed by atoms with Crippen molar-refractivity contribution in [1.29, 1.82) is 0 Å². The van der Waals surface area contributed by atoms with E-state index < -0.39 is 35.7 Å². The van der Waals surface area contributed by atoms with Gasteiger partial charge in [-0.25, -0.2) is 9.18 Å². The van der Waals surface area contributed by atoms with Gasteiger partial charge in [0.1, 0.15) is 17.9 Å². The van der Waals surface area contributed by atoms with Crippen LogP contribution in [0.2, 0.25) is 0 Å². The molecular weight excluding hydrogens is 337 g/mol. The number of imide groups is 1. The zero-order valence-corrected chi connectivity index (χ0v) is 14.4.